The van der Waals surface area contributed by atoms with Gasteiger partial charge in [0.2, 0.25) is 0 Å². The molecule has 0 radical (unpaired) electrons. The average molecular weight is 294 g/mol. The van der Waals surface area contributed by atoms with E-state index in [-0.39, 0.29) is 5.75 Å². The van der Waals surface area contributed by atoms with E-state index in [2.05, 4.69) is 6.07 Å². The van der Waals surface area contributed by atoms with E-state index in [4.69, 9.17) is 0 Å². The lowest BCUT2D eigenvalue weighted by Crippen LogP contribution is -2.48. The van der Waals surface area contributed by atoms with Crippen LogP contribution in [0.15, 0.2) is 30.3 Å². The molecule has 0 unspecified atom stereocenters. The summed E-state index contributed by atoms with van der Waals surface area (Å²) in [5.74, 6) is 3.25. The first-order valence-electron chi connectivity index (χ1n) is 8.57. The molecule has 2 N–H and O–H groups in total. The highest BCUT2D eigenvalue weighted by Crippen LogP contribution is 2.61. The Morgan fingerprint density at radius 1 is 0.818 bits per heavy atom. The van der Waals surface area contributed by atoms with Crippen molar-refractivity contribution in [2.75, 3.05) is 0 Å². The SMILES string of the molecule is Oc1ccc2cc(C34CC5CC(CC(C5)C3)C4)cc(O)c2c1. The third-order valence-electron chi connectivity index (χ3n) is 6.57. The third-order valence-corrected chi connectivity index (χ3v) is 6.57. The Morgan fingerprint density at radius 2 is 1.45 bits per heavy atom. The molecule has 6 rings (SSSR count). The summed E-state index contributed by atoms with van der Waals surface area (Å²) in [7, 11) is 0. The largest absolute Gasteiger partial charge is 0.508 e. The van der Waals surface area contributed by atoms with Crippen LogP contribution in [-0.4, -0.2) is 10.2 Å². The lowest BCUT2D eigenvalue weighted by Gasteiger charge is -2.57. The van der Waals surface area contributed by atoms with Crippen molar-refractivity contribution in [3.63, 3.8) is 0 Å². The number of aromatic hydroxyl groups is 2. The second-order valence-electron chi connectivity index (χ2n) is 8.10. The Labute approximate surface area is 130 Å². The lowest BCUT2D eigenvalue weighted by molar-refractivity contribution is -0.00520. The van der Waals surface area contributed by atoms with Crippen LogP contribution in [0.1, 0.15) is 44.1 Å². The molecule has 2 nitrogen and oxygen atoms in total. The second-order valence-corrected chi connectivity index (χ2v) is 8.10. The molecule has 4 aliphatic carbocycles. The van der Waals surface area contributed by atoms with Gasteiger partial charge in [0.05, 0.1) is 0 Å². The van der Waals surface area contributed by atoms with Crippen LogP contribution >= 0.6 is 0 Å². The zero-order valence-corrected chi connectivity index (χ0v) is 12.8. The Balaban J connectivity index is 1.66. The molecule has 2 aromatic carbocycles. The van der Waals surface area contributed by atoms with Crippen molar-refractivity contribution in [1.29, 1.82) is 0 Å². The molecule has 114 valence electrons. The van der Waals surface area contributed by atoms with E-state index < -0.39 is 0 Å². The van der Waals surface area contributed by atoms with Crippen molar-refractivity contribution < 1.29 is 10.2 Å². The van der Waals surface area contributed by atoms with Crippen LogP contribution in [0.3, 0.4) is 0 Å². The zero-order valence-electron chi connectivity index (χ0n) is 12.8. The van der Waals surface area contributed by atoms with Gasteiger partial charge in [-0.25, -0.2) is 0 Å². The van der Waals surface area contributed by atoms with Crippen LogP contribution in [0.2, 0.25) is 0 Å². The Bertz CT molecular complexity index is 726. The molecule has 4 aliphatic rings. The summed E-state index contributed by atoms with van der Waals surface area (Å²) >= 11 is 0. The molecule has 2 aromatic rings. The number of benzene rings is 2. The summed E-state index contributed by atoms with van der Waals surface area (Å²) in [5.41, 5.74) is 1.64. The standard InChI is InChI=1S/C20H22O2/c21-17-2-1-15-6-16(7-19(22)18(15)8-17)20-9-12-3-13(10-20)5-14(4-12)11-20/h1-2,6-8,12-14,21-22H,3-5,9-11H2. The van der Waals surface area contributed by atoms with E-state index in [0.29, 0.717) is 11.2 Å². The van der Waals surface area contributed by atoms with Gasteiger partial charge in [0.25, 0.3) is 0 Å². The van der Waals surface area contributed by atoms with Crippen LogP contribution in [-0.2, 0) is 5.41 Å². The van der Waals surface area contributed by atoms with Crippen molar-refractivity contribution in [2.45, 2.75) is 43.9 Å². The van der Waals surface area contributed by atoms with Gasteiger partial charge in [-0.15, -0.1) is 0 Å². The molecule has 0 aliphatic heterocycles. The topological polar surface area (TPSA) is 40.5 Å². The summed E-state index contributed by atoms with van der Waals surface area (Å²) in [5, 5.41) is 21.9. The van der Waals surface area contributed by atoms with Gasteiger partial charge in [0.15, 0.2) is 0 Å². The summed E-state index contributed by atoms with van der Waals surface area (Å²) in [6.07, 6.45) is 8.23. The number of rotatable bonds is 1. The van der Waals surface area contributed by atoms with Crippen LogP contribution in [0.4, 0.5) is 0 Å². The first-order valence-corrected chi connectivity index (χ1v) is 8.57. The molecule has 0 atom stereocenters. The summed E-state index contributed by atoms with van der Waals surface area (Å²) in [6, 6.07) is 9.55. The van der Waals surface area contributed by atoms with Gasteiger partial charge in [-0.2, -0.15) is 0 Å². The van der Waals surface area contributed by atoms with Crippen molar-refractivity contribution >= 4 is 10.8 Å². The van der Waals surface area contributed by atoms with Gasteiger partial charge in [0.1, 0.15) is 11.5 Å². The molecule has 0 aromatic heterocycles. The van der Waals surface area contributed by atoms with Crippen molar-refractivity contribution in [3.8, 4) is 11.5 Å². The number of hydrogen-bond donors (Lipinski definition) is 2. The molecular weight excluding hydrogens is 272 g/mol. The molecule has 2 heteroatoms. The lowest BCUT2D eigenvalue weighted by atomic mass is 9.48. The zero-order chi connectivity index (χ0) is 14.9. The fourth-order valence-corrected chi connectivity index (χ4v) is 6.10. The number of phenolic OH excluding ortho intramolecular Hbond substituents is 2. The first kappa shape index (κ1) is 12.8. The summed E-state index contributed by atoms with van der Waals surface area (Å²) in [6.45, 7) is 0. The highest BCUT2D eigenvalue weighted by atomic mass is 16.3. The fraction of sp³-hybridized carbons (Fsp3) is 0.500. The maximum Gasteiger partial charge on any atom is 0.123 e. The minimum absolute atomic E-state index is 0.213. The summed E-state index contributed by atoms with van der Waals surface area (Å²) in [4.78, 5) is 0. The molecule has 0 saturated heterocycles. The normalized spacial score (nSPS) is 36.1. The Morgan fingerprint density at radius 3 is 2.09 bits per heavy atom. The van der Waals surface area contributed by atoms with Crippen LogP contribution in [0.5, 0.6) is 11.5 Å². The molecule has 4 saturated carbocycles. The Kier molecular flexibility index (Phi) is 2.44. The highest BCUT2D eigenvalue weighted by molar-refractivity contribution is 5.90. The van der Waals surface area contributed by atoms with E-state index in [0.717, 1.165) is 28.5 Å². The van der Waals surface area contributed by atoms with Crippen molar-refractivity contribution in [3.05, 3.63) is 35.9 Å². The molecule has 0 amide bonds. The van der Waals surface area contributed by atoms with E-state index in [1.807, 2.05) is 12.1 Å². The molecule has 22 heavy (non-hydrogen) atoms. The fourth-order valence-electron chi connectivity index (χ4n) is 6.10. The van der Waals surface area contributed by atoms with Crippen molar-refractivity contribution in [2.24, 2.45) is 17.8 Å². The molecular formula is C20H22O2. The molecule has 0 heterocycles. The third kappa shape index (κ3) is 1.73. The van der Waals surface area contributed by atoms with E-state index in [1.165, 1.54) is 44.1 Å². The van der Waals surface area contributed by atoms with Gasteiger partial charge in [0, 0.05) is 5.39 Å². The predicted molar refractivity (Wildman–Crippen MR) is 87.1 cm³/mol. The average Bonchev–Trinajstić information content (AvgIpc) is 2.46. The molecule has 0 spiro atoms. The van der Waals surface area contributed by atoms with E-state index in [9.17, 15) is 10.2 Å². The van der Waals surface area contributed by atoms with Gasteiger partial charge in [-0.1, -0.05) is 12.1 Å². The van der Waals surface area contributed by atoms with Gasteiger partial charge in [-0.05, 0) is 90.8 Å². The second kappa shape index (κ2) is 4.18. The molecule has 4 bridgehead atoms. The monoisotopic (exact) mass is 294 g/mol. The maximum absolute atomic E-state index is 10.5. The molecule has 4 fully saturated rings. The number of phenols is 2. The minimum Gasteiger partial charge on any atom is -0.508 e. The summed E-state index contributed by atoms with van der Waals surface area (Å²) < 4.78 is 0. The van der Waals surface area contributed by atoms with Crippen LogP contribution in [0.25, 0.3) is 10.8 Å². The van der Waals surface area contributed by atoms with Gasteiger partial charge >= 0.3 is 0 Å². The van der Waals surface area contributed by atoms with E-state index >= 15 is 0 Å². The number of hydrogen-bond acceptors (Lipinski definition) is 2. The van der Waals surface area contributed by atoms with Gasteiger partial charge in [-0.3, -0.25) is 0 Å². The first-order chi connectivity index (χ1) is 10.6. The predicted octanol–water partition coefficient (Wildman–Crippen LogP) is 4.72. The number of fused-ring (bicyclic) bond motifs is 1. The minimum atomic E-state index is 0.213. The van der Waals surface area contributed by atoms with Gasteiger partial charge < -0.3 is 10.2 Å². The Hall–Kier alpha value is -1.70. The maximum atomic E-state index is 10.5. The van der Waals surface area contributed by atoms with Crippen LogP contribution < -0.4 is 0 Å². The van der Waals surface area contributed by atoms with Crippen LogP contribution in [0, 0.1) is 17.8 Å². The van der Waals surface area contributed by atoms with Crippen molar-refractivity contribution in [1.82, 2.24) is 0 Å². The smallest absolute Gasteiger partial charge is 0.123 e. The quantitative estimate of drug-likeness (QED) is 0.799. The van der Waals surface area contributed by atoms with E-state index in [1.54, 1.807) is 12.1 Å². The highest BCUT2D eigenvalue weighted by Gasteiger charge is 2.51.